The molecule has 5 heteroatoms. The van der Waals surface area contributed by atoms with Crippen molar-refractivity contribution < 1.29 is 64.4 Å². The van der Waals surface area contributed by atoms with Crippen LogP contribution in [0.25, 0.3) is 10.8 Å². The zero-order valence-corrected chi connectivity index (χ0v) is 23.9. The van der Waals surface area contributed by atoms with E-state index in [1.807, 2.05) is 24.3 Å². The Morgan fingerprint density at radius 3 is 1.81 bits per heavy atom. The van der Waals surface area contributed by atoms with Crippen LogP contribution in [0.3, 0.4) is 0 Å². The molecule has 2 aromatic rings. The van der Waals surface area contributed by atoms with Crippen LogP contribution >= 0.6 is 0 Å². The van der Waals surface area contributed by atoms with E-state index in [1.165, 1.54) is 57.8 Å². The van der Waals surface area contributed by atoms with E-state index < -0.39 is 10.1 Å². The van der Waals surface area contributed by atoms with Gasteiger partial charge in [-0.25, -0.2) is 8.42 Å². The maximum absolute atomic E-state index is 12.2. The van der Waals surface area contributed by atoms with Crippen molar-refractivity contribution in [2.24, 2.45) is 0 Å². The van der Waals surface area contributed by atoms with Crippen molar-refractivity contribution in [3.63, 3.8) is 0 Å². The van der Waals surface area contributed by atoms with Crippen LogP contribution in [0.15, 0.2) is 35.2 Å². The van der Waals surface area contributed by atoms with Gasteiger partial charge in [0.1, 0.15) is 10.1 Å². The van der Waals surface area contributed by atoms with Crippen LogP contribution in [-0.4, -0.2) is 13.0 Å². The number of aryl methyl sites for hydroxylation is 2. The molecule has 3 nitrogen and oxygen atoms in total. The Morgan fingerprint density at radius 1 is 0.710 bits per heavy atom. The third kappa shape index (κ3) is 10.4. The molecule has 0 spiro atoms. The van der Waals surface area contributed by atoms with Crippen LogP contribution in [0.5, 0.6) is 0 Å². The van der Waals surface area contributed by atoms with Crippen molar-refractivity contribution in [2.45, 2.75) is 109 Å². The first kappa shape index (κ1) is 29.3. The summed E-state index contributed by atoms with van der Waals surface area (Å²) in [6.45, 7) is 4.42. The number of rotatable bonds is 15. The summed E-state index contributed by atoms with van der Waals surface area (Å²) in [5.74, 6) is 0. The van der Waals surface area contributed by atoms with E-state index in [0.29, 0.717) is 17.4 Å². The number of benzene rings is 2. The Bertz CT molecular complexity index is 872. The summed E-state index contributed by atoms with van der Waals surface area (Å²) in [5.41, 5.74) is 1.81. The van der Waals surface area contributed by atoms with Crippen molar-refractivity contribution in [3.05, 3.63) is 41.5 Å². The van der Waals surface area contributed by atoms with Gasteiger partial charge in [-0.3, -0.25) is 0 Å². The Kier molecular flexibility index (Phi) is 15.1. The molecule has 0 aliphatic heterocycles. The molecule has 0 radical (unpaired) electrons. The third-order valence-corrected chi connectivity index (χ3v) is 6.97. The summed E-state index contributed by atoms with van der Waals surface area (Å²) < 4.78 is 36.5. The van der Waals surface area contributed by atoms with Crippen LogP contribution in [0.1, 0.15) is 102 Å². The molecule has 0 unspecified atom stereocenters. The molecule has 0 aliphatic carbocycles. The molecule has 0 saturated heterocycles. The minimum Gasteiger partial charge on any atom is -0.744 e. The molecular weight excluding hydrogens is 431 g/mol. The van der Waals surface area contributed by atoms with E-state index in [0.717, 1.165) is 36.6 Å². The maximum Gasteiger partial charge on any atom is 1.00 e. The van der Waals surface area contributed by atoms with Gasteiger partial charge in [-0.15, -0.1) is 0 Å². The molecule has 168 valence electrons. The van der Waals surface area contributed by atoms with Crippen LogP contribution in [-0.2, 0) is 23.0 Å². The monoisotopic (exact) mass is 470 g/mol. The summed E-state index contributed by atoms with van der Waals surface area (Å²) >= 11 is 0. The second-order valence-corrected chi connectivity index (χ2v) is 9.92. The second-order valence-electron chi connectivity index (χ2n) is 8.60. The molecule has 0 saturated carbocycles. The summed E-state index contributed by atoms with van der Waals surface area (Å²) in [7, 11) is -4.51. The van der Waals surface area contributed by atoms with E-state index >= 15 is 0 Å². The molecule has 0 N–H and O–H groups in total. The largest absolute Gasteiger partial charge is 1.00 e. The number of unbranched alkanes of at least 4 members (excludes halogenated alkanes) is 10. The summed E-state index contributed by atoms with van der Waals surface area (Å²) in [5, 5.41) is 1.44. The standard InChI is InChI=1S/C26H40O3S.K/c1-3-5-7-9-11-13-15-22-17-18-23-19-20-24(16-14-12-10-8-6-4-2)26(25(23)21-22)30(27,28)29;/h17-21H,3-16H2,1-2H3,(H,27,28,29);/q;+1/p-1. The van der Waals surface area contributed by atoms with Crippen LogP contribution in [0.4, 0.5) is 0 Å². The van der Waals surface area contributed by atoms with E-state index in [1.54, 1.807) is 0 Å². The minimum absolute atomic E-state index is 0. The molecule has 0 aliphatic rings. The van der Waals surface area contributed by atoms with Gasteiger partial charge in [0.05, 0.1) is 4.90 Å². The Labute approximate surface area is 233 Å². The smallest absolute Gasteiger partial charge is 0.744 e. The third-order valence-electron chi connectivity index (χ3n) is 5.99. The molecule has 31 heavy (non-hydrogen) atoms. The summed E-state index contributed by atoms with van der Waals surface area (Å²) in [4.78, 5) is 0.0124. The molecule has 2 aromatic carbocycles. The SMILES string of the molecule is CCCCCCCCc1ccc2ccc(CCCCCCCC)c(S(=O)(=O)[O-])c2c1.[K+]. The molecule has 0 bridgehead atoms. The average Bonchev–Trinajstić information content (AvgIpc) is 2.71. The van der Waals surface area contributed by atoms with Gasteiger partial charge in [-0.2, -0.15) is 0 Å². The second kappa shape index (κ2) is 16.0. The first-order valence-electron chi connectivity index (χ1n) is 12.0. The maximum atomic E-state index is 12.2. The first-order valence-corrected chi connectivity index (χ1v) is 13.4. The fourth-order valence-electron chi connectivity index (χ4n) is 4.24. The predicted octanol–water partition coefficient (Wildman–Crippen LogP) is 4.55. The summed E-state index contributed by atoms with van der Waals surface area (Å²) in [6.07, 6.45) is 15.8. The number of hydrogen-bond donors (Lipinski definition) is 0. The molecular formula is C26H39KO3S. The van der Waals surface area contributed by atoms with Crippen LogP contribution < -0.4 is 51.4 Å². The quantitative estimate of drug-likeness (QED) is 0.218. The Morgan fingerprint density at radius 2 is 1.23 bits per heavy atom. The van der Waals surface area contributed by atoms with Crippen molar-refractivity contribution in [2.75, 3.05) is 0 Å². The van der Waals surface area contributed by atoms with Crippen molar-refractivity contribution >= 4 is 20.9 Å². The van der Waals surface area contributed by atoms with E-state index in [-0.39, 0.29) is 56.3 Å². The fraction of sp³-hybridized carbons (Fsp3) is 0.615. The zero-order chi connectivity index (χ0) is 21.8. The number of fused-ring (bicyclic) bond motifs is 1. The van der Waals surface area contributed by atoms with Crippen LogP contribution in [0, 0.1) is 0 Å². The topological polar surface area (TPSA) is 57.2 Å². The van der Waals surface area contributed by atoms with Gasteiger partial charge >= 0.3 is 51.4 Å². The van der Waals surface area contributed by atoms with Gasteiger partial charge in [0.15, 0.2) is 0 Å². The van der Waals surface area contributed by atoms with Gasteiger partial charge in [-0.1, -0.05) is 102 Å². The number of hydrogen-bond acceptors (Lipinski definition) is 3. The minimum atomic E-state index is -4.51. The molecule has 0 amide bonds. The van der Waals surface area contributed by atoms with Crippen molar-refractivity contribution in [1.29, 1.82) is 0 Å². The Hall–Kier alpha value is 0.246. The van der Waals surface area contributed by atoms with Gasteiger partial charge in [0.25, 0.3) is 0 Å². The van der Waals surface area contributed by atoms with Crippen molar-refractivity contribution in [3.8, 4) is 0 Å². The van der Waals surface area contributed by atoms with E-state index in [4.69, 9.17) is 0 Å². The van der Waals surface area contributed by atoms with Gasteiger partial charge in [-0.05, 0) is 53.6 Å². The van der Waals surface area contributed by atoms with Gasteiger partial charge < -0.3 is 4.55 Å². The first-order chi connectivity index (χ1) is 14.5. The molecule has 0 atom stereocenters. The molecule has 0 aromatic heterocycles. The summed E-state index contributed by atoms with van der Waals surface area (Å²) in [6, 6.07) is 9.78. The fourth-order valence-corrected chi connectivity index (χ4v) is 5.17. The zero-order valence-electron chi connectivity index (χ0n) is 19.9. The predicted molar refractivity (Wildman–Crippen MR) is 126 cm³/mol. The van der Waals surface area contributed by atoms with Crippen LogP contribution in [0.2, 0.25) is 0 Å². The van der Waals surface area contributed by atoms with Crippen molar-refractivity contribution in [1.82, 2.24) is 0 Å². The van der Waals surface area contributed by atoms with Gasteiger partial charge in [0, 0.05) is 0 Å². The van der Waals surface area contributed by atoms with E-state index in [2.05, 4.69) is 19.9 Å². The Balaban J connectivity index is 0.00000480. The average molecular weight is 471 g/mol. The molecule has 0 fully saturated rings. The normalized spacial score (nSPS) is 11.6. The molecule has 0 heterocycles. The van der Waals surface area contributed by atoms with E-state index in [9.17, 15) is 13.0 Å². The van der Waals surface area contributed by atoms with Gasteiger partial charge in [0.2, 0.25) is 0 Å². The molecule has 2 rings (SSSR count).